The fraction of sp³-hybridized carbons (Fsp3) is 0.722. The zero-order chi connectivity index (χ0) is 17.9. The highest BCUT2D eigenvalue weighted by Gasteiger charge is 2.47. The molecule has 2 aliphatic heterocycles. The van der Waals surface area contributed by atoms with E-state index in [0.29, 0.717) is 38.2 Å². The van der Waals surface area contributed by atoms with E-state index in [-0.39, 0.29) is 12.0 Å². The lowest BCUT2D eigenvalue weighted by Gasteiger charge is -2.37. The van der Waals surface area contributed by atoms with Crippen LogP contribution in [0, 0.1) is 6.92 Å². The van der Waals surface area contributed by atoms with Gasteiger partial charge in [0.2, 0.25) is 0 Å². The Hall–Kier alpha value is -1.63. The van der Waals surface area contributed by atoms with E-state index in [1.165, 1.54) is 24.2 Å². The van der Waals surface area contributed by atoms with Crippen LogP contribution in [0.4, 0.5) is 4.79 Å². The van der Waals surface area contributed by atoms with E-state index < -0.39 is 5.60 Å². The van der Waals surface area contributed by atoms with Gasteiger partial charge in [-0.05, 0) is 13.3 Å². The normalized spacial score (nSPS) is 19.5. The SMILES string of the molecule is CCCCCCN1CC2(CCN(C(=O)c3csc(C)n3)CC2)OC1=O. The summed E-state index contributed by atoms with van der Waals surface area (Å²) in [6.07, 6.45) is 5.82. The maximum absolute atomic E-state index is 12.5. The summed E-state index contributed by atoms with van der Waals surface area (Å²) in [4.78, 5) is 32.6. The van der Waals surface area contributed by atoms with Crippen molar-refractivity contribution in [3.8, 4) is 0 Å². The Bertz CT molecular complexity index is 623. The molecular formula is C18H27N3O3S. The lowest BCUT2D eigenvalue weighted by Crippen LogP contribution is -2.48. The molecule has 3 rings (SSSR count). The number of aromatic nitrogens is 1. The quantitative estimate of drug-likeness (QED) is 0.724. The van der Waals surface area contributed by atoms with Crippen molar-refractivity contribution >= 4 is 23.3 Å². The average Bonchev–Trinajstić information content (AvgIpc) is 3.16. The van der Waals surface area contributed by atoms with Crippen LogP contribution in [0.3, 0.4) is 0 Å². The Morgan fingerprint density at radius 2 is 2.08 bits per heavy atom. The molecule has 0 saturated carbocycles. The molecule has 1 aromatic heterocycles. The number of unbranched alkanes of at least 4 members (excludes halogenated alkanes) is 3. The third-order valence-electron chi connectivity index (χ3n) is 5.12. The lowest BCUT2D eigenvalue weighted by molar-refractivity contribution is 0.00298. The van der Waals surface area contributed by atoms with Gasteiger partial charge in [0, 0.05) is 37.9 Å². The highest BCUT2D eigenvalue weighted by molar-refractivity contribution is 7.09. The summed E-state index contributed by atoms with van der Waals surface area (Å²) in [5, 5.41) is 2.72. The standard InChI is InChI=1S/C18H27N3O3S/c1-3-4-5-6-9-21-13-18(24-17(21)23)7-10-20(11-8-18)16(22)15-12-25-14(2)19-15/h12H,3-11,13H2,1-2H3. The number of piperidine rings is 1. The van der Waals surface area contributed by atoms with Gasteiger partial charge in [0.05, 0.1) is 11.6 Å². The molecule has 0 radical (unpaired) electrons. The first-order chi connectivity index (χ1) is 12.0. The lowest BCUT2D eigenvalue weighted by atomic mass is 9.91. The molecular weight excluding hydrogens is 338 g/mol. The fourth-order valence-electron chi connectivity index (χ4n) is 3.60. The van der Waals surface area contributed by atoms with Crippen LogP contribution in [-0.2, 0) is 4.74 Å². The van der Waals surface area contributed by atoms with E-state index in [0.717, 1.165) is 24.4 Å². The van der Waals surface area contributed by atoms with Crippen LogP contribution in [0.25, 0.3) is 0 Å². The van der Waals surface area contributed by atoms with E-state index in [9.17, 15) is 9.59 Å². The molecule has 2 aliphatic rings. The number of likely N-dealkylation sites (tertiary alicyclic amines) is 1. The molecule has 1 spiro atoms. The number of carbonyl (C=O) groups is 2. The predicted octanol–water partition coefficient (Wildman–Crippen LogP) is 3.46. The molecule has 7 heteroatoms. The van der Waals surface area contributed by atoms with E-state index in [1.54, 1.807) is 0 Å². The highest BCUT2D eigenvalue weighted by Crippen LogP contribution is 2.33. The van der Waals surface area contributed by atoms with Gasteiger partial charge in [0.25, 0.3) is 5.91 Å². The van der Waals surface area contributed by atoms with Crippen LogP contribution >= 0.6 is 11.3 Å². The minimum absolute atomic E-state index is 0.0139. The first-order valence-corrected chi connectivity index (χ1v) is 10.1. The molecule has 138 valence electrons. The molecule has 2 saturated heterocycles. The smallest absolute Gasteiger partial charge is 0.410 e. The van der Waals surface area contributed by atoms with E-state index >= 15 is 0 Å². The Labute approximate surface area is 153 Å². The number of hydrogen-bond acceptors (Lipinski definition) is 5. The van der Waals surface area contributed by atoms with Gasteiger partial charge in [0.15, 0.2) is 0 Å². The van der Waals surface area contributed by atoms with E-state index in [4.69, 9.17) is 4.74 Å². The van der Waals surface area contributed by atoms with Gasteiger partial charge in [-0.15, -0.1) is 11.3 Å². The fourth-order valence-corrected chi connectivity index (χ4v) is 4.18. The first kappa shape index (κ1) is 18.2. The van der Waals surface area contributed by atoms with Gasteiger partial charge in [-0.25, -0.2) is 9.78 Å². The number of amides is 2. The summed E-state index contributed by atoms with van der Waals surface area (Å²) < 4.78 is 5.73. The summed E-state index contributed by atoms with van der Waals surface area (Å²) in [5.41, 5.74) is 0.121. The number of rotatable bonds is 6. The van der Waals surface area contributed by atoms with Crippen molar-refractivity contribution in [2.24, 2.45) is 0 Å². The molecule has 6 nitrogen and oxygen atoms in total. The minimum atomic E-state index is -0.406. The molecule has 0 bridgehead atoms. The number of hydrogen-bond donors (Lipinski definition) is 0. The Kier molecular flexibility index (Phi) is 5.61. The van der Waals surface area contributed by atoms with Crippen LogP contribution in [-0.4, -0.2) is 58.6 Å². The number of thiazole rings is 1. The number of aryl methyl sites for hydroxylation is 1. The van der Waals surface area contributed by atoms with Gasteiger partial charge in [-0.3, -0.25) is 4.79 Å². The zero-order valence-electron chi connectivity index (χ0n) is 15.1. The minimum Gasteiger partial charge on any atom is -0.441 e. The van der Waals surface area contributed by atoms with E-state index in [2.05, 4.69) is 11.9 Å². The van der Waals surface area contributed by atoms with Crippen molar-refractivity contribution in [3.63, 3.8) is 0 Å². The molecule has 0 N–H and O–H groups in total. The third-order valence-corrected chi connectivity index (χ3v) is 5.90. The van der Waals surface area contributed by atoms with Gasteiger partial charge in [0.1, 0.15) is 11.3 Å². The van der Waals surface area contributed by atoms with Crippen molar-refractivity contribution in [1.82, 2.24) is 14.8 Å². The molecule has 25 heavy (non-hydrogen) atoms. The van der Waals surface area contributed by atoms with Crippen molar-refractivity contribution in [1.29, 1.82) is 0 Å². The topological polar surface area (TPSA) is 62.7 Å². The van der Waals surface area contributed by atoms with Crippen LogP contribution in [0.1, 0.15) is 60.9 Å². The largest absolute Gasteiger partial charge is 0.441 e. The maximum Gasteiger partial charge on any atom is 0.410 e. The molecule has 3 heterocycles. The summed E-state index contributed by atoms with van der Waals surface area (Å²) in [5.74, 6) is -0.0139. The van der Waals surface area contributed by atoms with Crippen LogP contribution in [0.5, 0.6) is 0 Å². The molecule has 2 amide bonds. The highest BCUT2D eigenvalue weighted by atomic mass is 32.1. The third kappa shape index (κ3) is 4.14. The van der Waals surface area contributed by atoms with Crippen LogP contribution in [0.2, 0.25) is 0 Å². The van der Waals surface area contributed by atoms with E-state index in [1.807, 2.05) is 22.1 Å². The molecule has 0 aromatic carbocycles. The monoisotopic (exact) mass is 365 g/mol. The number of carbonyl (C=O) groups excluding carboxylic acids is 2. The van der Waals surface area contributed by atoms with Crippen molar-refractivity contribution in [2.75, 3.05) is 26.2 Å². The second-order valence-electron chi connectivity index (χ2n) is 7.08. The molecule has 0 atom stereocenters. The van der Waals surface area contributed by atoms with Crippen molar-refractivity contribution in [2.45, 2.75) is 58.0 Å². The van der Waals surface area contributed by atoms with Crippen molar-refractivity contribution in [3.05, 3.63) is 16.1 Å². The first-order valence-electron chi connectivity index (χ1n) is 9.22. The summed E-state index contributed by atoms with van der Waals surface area (Å²) in [6.45, 7) is 6.76. The Morgan fingerprint density at radius 3 is 2.72 bits per heavy atom. The van der Waals surface area contributed by atoms with Crippen LogP contribution < -0.4 is 0 Å². The predicted molar refractivity (Wildman–Crippen MR) is 96.9 cm³/mol. The summed E-state index contributed by atoms with van der Waals surface area (Å²) in [7, 11) is 0. The van der Waals surface area contributed by atoms with Gasteiger partial charge in [-0.2, -0.15) is 0 Å². The summed E-state index contributed by atoms with van der Waals surface area (Å²) >= 11 is 1.49. The van der Waals surface area contributed by atoms with Gasteiger partial charge >= 0.3 is 6.09 Å². The Balaban J connectivity index is 1.51. The van der Waals surface area contributed by atoms with Gasteiger partial charge in [-0.1, -0.05) is 26.2 Å². The zero-order valence-corrected chi connectivity index (χ0v) is 15.9. The Morgan fingerprint density at radius 1 is 1.32 bits per heavy atom. The molecule has 2 fully saturated rings. The molecule has 0 unspecified atom stereocenters. The molecule has 0 aliphatic carbocycles. The molecule has 1 aromatic rings. The van der Waals surface area contributed by atoms with Crippen LogP contribution in [0.15, 0.2) is 5.38 Å². The summed E-state index contributed by atoms with van der Waals surface area (Å²) in [6, 6.07) is 0. The second kappa shape index (κ2) is 7.72. The average molecular weight is 365 g/mol. The van der Waals surface area contributed by atoms with Gasteiger partial charge < -0.3 is 14.5 Å². The second-order valence-corrected chi connectivity index (χ2v) is 8.14. The van der Waals surface area contributed by atoms with Crippen molar-refractivity contribution < 1.29 is 14.3 Å². The number of nitrogens with zero attached hydrogens (tertiary/aromatic N) is 3. The number of ether oxygens (including phenoxy) is 1. The maximum atomic E-state index is 12.5.